The number of benzene rings is 1. The molecule has 0 N–H and O–H groups in total. The van der Waals surface area contributed by atoms with Gasteiger partial charge in [-0.15, -0.1) is 11.6 Å². The van der Waals surface area contributed by atoms with Crippen LogP contribution < -0.4 is 0 Å². The van der Waals surface area contributed by atoms with Gasteiger partial charge >= 0.3 is 0 Å². The number of alkyl halides is 1. The normalized spacial score (nSPS) is 23.4. The van der Waals surface area contributed by atoms with Gasteiger partial charge in [0.1, 0.15) is 5.82 Å². The van der Waals surface area contributed by atoms with Gasteiger partial charge in [0.25, 0.3) is 0 Å². The topological polar surface area (TPSA) is 34.1 Å². The van der Waals surface area contributed by atoms with Gasteiger partial charge in [-0.2, -0.15) is 0 Å². The zero-order valence-electron chi connectivity index (χ0n) is 10.3. The number of halogens is 3. The Morgan fingerprint density at radius 1 is 1.42 bits per heavy atom. The Balaban J connectivity index is 2.11. The maximum atomic E-state index is 13.7. The van der Waals surface area contributed by atoms with Gasteiger partial charge in [0, 0.05) is 10.9 Å². The van der Waals surface area contributed by atoms with E-state index >= 15 is 0 Å². The average molecular weight is 325 g/mol. The van der Waals surface area contributed by atoms with Crippen molar-refractivity contribution in [2.75, 3.05) is 17.4 Å². The van der Waals surface area contributed by atoms with Gasteiger partial charge in [0.05, 0.1) is 11.5 Å². The Morgan fingerprint density at radius 3 is 2.68 bits per heavy atom. The molecule has 1 heterocycles. The summed E-state index contributed by atoms with van der Waals surface area (Å²) >= 11 is 11.6. The number of sulfone groups is 1. The van der Waals surface area contributed by atoms with E-state index in [0.717, 1.165) is 0 Å². The molecular formula is C13H15Cl2FO2S. The molecule has 6 heteroatoms. The van der Waals surface area contributed by atoms with Crippen molar-refractivity contribution < 1.29 is 12.8 Å². The summed E-state index contributed by atoms with van der Waals surface area (Å²) in [6.45, 7) is 0. The third kappa shape index (κ3) is 3.83. The van der Waals surface area contributed by atoms with E-state index in [1.54, 1.807) is 12.1 Å². The summed E-state index contributed by atoms with van der Waals surface area (Å²) in [6.07, 6.45) is 1.07. The van der Waals surface area contributed by atoms with Crippen LogP contribution in [-0.2, 0) is 16.3 Å². The molecule has 0 bridgehead atoms. The number of hydrogen-bond acceptors (Lipinski definition) is 2. The molecule has 2 atom stereocenters. The summed E-state index contributed by atoms with van der Waals surface area (Å²) in [6, 6.07) is 4.55. The minimum Gasteiger partial charge on any atom is -0.229 e. The Morgan fingerprint density at radius 2 is 2.16 bits per heavy atom. The SMILES string of the molecule is O=S1(=O)CCC(C(CCl)Cc2ccc(Cl)cc2F)C1. The summed E-state index contributed by atoms with van der Waals surface area (Å²) < 4.78 is 36.7. The van der Waals surface area contributed by atoms with E-state index in [-0.39, 0.29) is 29.2 Å². The first-order chi connectivity index (χ1) is 8.91. The highest BCUT2D eigenvalue weighted by Crippen LogP contribution is 2.30. The smallest absolute Gasteiger partial charge is 0.150 e. The van der Waals surface area contributed by atoms with Gasteiger partial charge in [0.2, 0.25) is 0 Å². The third-order valence-corrected chi connectivity index (χ3v) is 6.05. The molecule has 2 unspecified atom stereocenters. The Bertz CT molecular complexity index is 560. The standard InChI is InChI=1S/C13H15Cl2FO2S/c14-7-11(10-3-4-19(17,18)8-10)5-9-1-2-12(15)6-13(9)16/h1-2,6,10-11H,3-5,7-8H2. The van der Waals surface area contributed by atoms with E-state index in [4.69, 9.17) is 23.2 Å². The fourth-order valence-electron chi connectivity index (χ4n) is 2.51. The van der Waals surface area contributed by atoms with Crippen molar-refractivity contribution in [2.24, 2.45) is 11.8 Å². The van der Waals surface area contributed by atoms with Crippen LogP contribution in [0.15, 0.2) is 18.2 Å². The molecule has 1 fully saturated rings. The largest absolute Gasteiger partial charge is 0.229 e. The van der Waals surface area contributed by atoms with Crippen LogP contribution in [-0.4, -0.2) is 25.8 Å². The van der Waals surface area contributed by atoms with Crippen molar-refractivity contribution in [1.29, 1.82) is 0 Å². The van der Waals surface area contributed by atoms with Crippen molar-refractivity contribution in [3.63, 3.8) is 0 Å². The molecule has 106 valence electrons. The highest BCUT2D eigenvalue weighted by Gasteiger charge is 2.33. The summed E-state index contributed by atoms with van der Waals surface area (Å²) in [4.78, 5) is 0. The summed E-state index contributed by atoms with van der Waals surface area (Å²) in [7, 11) is -2.93. The molecule has 1 saturated heterocycles. The van der Waals surface area contributed by atoms with Crippen LogP contribution in [0, 0.1) is 17.7 Å². The van der Waals surface area contributed by atoms with E-state index in [2.05, 4.69) is 0 Å². The molecule has 0 amide bonds. The van der Waals surface area contributed by atoms with Crippen LogP contribution >= 0.6 is 23.2 Å². The maximum Gasteiger partial charge on any atom is 0.150 e. The molecule has 1 aromatic carbocycles. The molecular weight excluding hydrogens is 310 g/mol. The molecule has 19 heavy (non-hydrogen) atoms. The van der Waals surface area contributed by atoms with E-state index < -0.39 is 9.84 Å². The highest BCUT2D eigenvalue weighted by atomic mass is 35.5. The third-order valence-electron chi connectivity index (χ3n) is 3.63. The Hall–Kier alpha value is -0.320. The van der Waals surface area contributed by atoms with E-state index in [9.17, 15) is 12.8 Å². The summed E-state index contributed by atoms with van der Waals surface area (Å²) in [5.74, 6) is 0.367. The van der Waals surface area contributed by atoms with E-state index in [0.29, 0.717) is 29.3 Å². The maximum absolute atomic E-state index is 13.7. The van der Waals surface area contributed by atoms with E-state index in [1.165, 1.54) is 6.07 Å². The molecule has 2 rings (SSSR count). The van der Waals surface area contributed by atoms with Crippen molar-refractivity contribution in [1.82, 2.24) is 0 Å². The average Bonchev–Trinajstić information content (AvgIpc) is 2.69. The minimum atomic E-state index is -2.93. The number of hydrogen-bond donors (Lipinski definition) is 0. The van der Waals surface area contributed by atoms with Crippen LogP contribution in [0.4, 0.5) is 4.39 Å². The number of rotatable bonds is 4. The lowest BCUT2D eigenvalue weighted by Gasteiger charge is -2.20. The lowest BCUT2D eigenvalue weighted by Crippen LogP contribution is -2.20. The Labute approximate surface area is 122 Å². The second-order valence-electron chi connectivity index (χ2n) is 5.02. The van der Waals surface area contributed by atoms with Crippen LogP contribution in [0.5, 0.6) is 0 Å². The monoisotopic (exact) mass is 324 g/mol. The van der Waals surface area contributed by atoms with Gasteiger partial charge in [0.15, 0.2) is 9.84 Å². The van der Waals surface area contributed by atoms with Gasteiger partial charge in [-0.1, -0.05) is 17.7 Å². The fraction of sp³-hybridized carbons (Fsp3) is 0.538. The molecule has 0 spiro atoms. The van der Waals surface area contributed by atoms with Crippen LogP contribution in [0.1, 0.15) is 12.0 Å². The Kier molecular flexibility index (Phi) is 4.75. The molecule has 0 radical (unpaired) electrons. The molecule has 1 aliphatic heterocycles. The molecule has 0 saturated carbocycles. The van der Waals surface area contributed by atoms with Crippen molar-refractivity contribution in [2.45, 2.75) is 12.8 Å². The van der Waals surface area contributed by atoms with Crippen LogP contribution in [0.3, 0.4) is 0 Å². The van der Waals surface area contributed by atoms with Gasteiger partial charge in [-0.25, -0.2) is 12.8 Å². The molecule has 0 aliphatic carbocycles. The molecule has 1 aliphatic rings. The van der Waals surface area contributed by atoms with Crippen molar-refractivity contribution in [3.05, 3.63) is 34.6 Å². The molecule has 0 aromatic heterocycles. The van der Waals surface area contributed by atoms with Crippen molar-refractivity contribution in [3.8, 4) is 0 Å². The second kappa shape index (κ2) is 5.98. The minimum absolute atomic E-state index is 0.0189. The van der Waals surface area contributed by atoms with Crippen LogP contribution in [0.2, 0.25) is 5.02 Å². The van der Waals surface area contributed by atoms with Gasteiger partial charge in [-0.05, 0) is 42.4 Å². The lowest BCUT2D eigenvalue weighted by atomic mass is 9.88. The highest BCUT2D eigenvalue weighted by molar-refractivity contribution is 7.91. The van der Waals surface area contributed by atoms with Crippen LogP contribution in [0.25, 0.3) is 0 Å². The zero-order chi connectivity index (χ0) is 14.0. The molecule has 1 aromatic rings. The van der Waals surface area contributed by atoms with Gasteiger partial charge in [-0.3, -0.25) is 0 Å². The second-order valence-corrected chi connectivity index (χ2v) is 7.99. The van der Waals surface area contributed by atoms with E-state index in [1.807, 2.05) is 0 Å². The first-order valence-corrected chi connectivity index (χ1v) is 8.85. The summed E-state index contributed by atoms with van der Waals surface area (Å²) in [5, 5.41) is 0.354. The fourth-order valence-corrected chi connectivity index (χ4v) is 4.95. The predicted molar refractivity (Wildman–Crippen MR) is 76.1 cm³/mol. The lowest BCUT2D eigenvalue weighted by molar-refractivity contribution is 0.392. The first kappa shape index (κ1) is 15.1. The van der Waals surface area contributed by atoms with Gasteiger partial charge < -0.3 is 0 Å². The zero-order valence-corrected chi connectivity index (χ0v) is 12.6. The summed E-state index contributed by atoms with van der Waals surface area (Å²) in [5.41, 5.74) is 0.541. The predicted octanol–water partition coefficient (Wildman–Crippen LogP) is 3.31. The molecule has 2 nitrogen and oxygen atoms in total. The first-order valence-electron chi connectivity index (χ1n) is 6.11. The van der Waals surface area contributed by atoms with Crippen molar-refractivity contribution >= 4 is 33.0 Å². The quantitative estimate of drug-likeness (QED) is 0.796.